The van der Waals surface area contributed by atoms with Crippen LogP contribution in [0.1, 0.15) is 15.9 Å². The highest BCUT2D eigenvalue weighted by atomic mass is 35.5. The van der Waals surface area contributed by atoms with Gasteiger partial charge in [0, 0.05) is 25.7 Å². The van der Waals surface area contributed by atoms with E-state index < -0.39 is 4.92 Å². The summed E-state index contributed by atoms with van der Waals surface area (Å²) in [5, 5.41) is 13.9. The zero-order valence-electron chi connectivity index (χ0n) is 13.0. The lowest BCUT2D eigenvalue weighted by atomic mass is 10.1. The molecular formula is C16H16ClN3O3. The Bertz CT molecular complexity index is 758. The van der Waals surface area contributed by atoms with E-state index in [1.165, 1.54) is 12.1 Å². The fourth-order valence-corrected chi connectivity index (χ4v) is 2.26. The third-order valence-corrected chi connectivity index (χ3v) is 3.62. The molecule has 7 heteroatoms. The number of amides is 1. The molecule has 0 aliphatic heterocycles. The standard InChI is InChI=1S/C16H16ClN3O3/c1-10-4-6-11(7-5-10)16(21)18-13-9-14(19(2)3)15(20(22)23)8-12(13)17/h4-9H,1-3H3,(H,18,21). The van der Waals surface area contributed by atoms with Crippen LogP contribution in [0.3, 0.4) is 0 Å². The molecule has 0 fully saturated rings. The molecule has 2 rings (SSSR count). The lowest BCUT2D eigenvalue weighted by Gasteiger charge is -2.15. The molecule has 0 atom stereocenters. The number of benzene rings is 2. The van der Waals surface area contributed by atoms with E-state index in [0.717, 1.165) is 5.56 Å². The normalized spacial score (nSPS) is 10.3. The van der Waals surface area contributed by atoms with Crippen LogP contribution in [0, 0.1) is 17.0 Å². The molecular weight excluding hydrogens is 318 g/mol. The number of nitro benzene ring substituents is 1. The van der Waals surface area contributed by atoms with Crippen molar-refractivity contribution in [2.45, 2.75) is 6.92 Å². The lowest BCUT2D eigenvalue weighted by Crippen LogP contribution is -2.15. The highest BCUT2D eigenvalue weighted by Crippen LogP contribution is 2.35. The third kappa shape index (κ3) is 3.78. The number of carbonyl (C=O) groups excluding carboxylic acids is 1. The summed E-state index contributed by atoms with van der Waals surface area (Å²) in [7, 11) is 3.36. The highest BCUT2D eigenvalue weighted by Gasteiger charge is 2.20. The van der Waals surface area contributed by atoms with E-state index in [1.54, 1.807) is 31.1 Å². The number of nitro groups is 1. The van der Waals surface area contributed by atoms with Crippen molar-refractivity contribution >= 4 is 34.6 Å². The fraction of sp³-hybridized carbons (Fsp3) is 0.188. The molecule has 2 aromatic carbocycles. The summed E-state index contributed by atoms with van der Waals surface area (Å²) in [6.45, 7) is 1.93. The maximum Gasteiger partial charge on any atom is 0.294 e. The van der Waals surface area contributed by atoms with Gasteiger partial charge in [-0.05, 0) is 25.1 Å². The molecule has 6 nitrogen and oxygen atoms in total. The van der Waals surface area contributed by atoms with Crippen LogP contribution < -0.4 is 10.2 Å². The van der Waals surface area contributed by atoms with Crippen LogP contribution in [-0.2, 0) is 0 Å². The van der Waals surface area contributed by atoms with Crippen molar-refractivity contribution < 1.29 is 9.72 Å². The number of aryl methyl sites for hydroxylation is 1. The van der Waals surface area contributed by atoms with E-state index in [1.807, 2.05) is 19.1 Å². The summed E-state index contributed by atoms with van der Waals surface area (Å²) in [4.78, 5) is 24.4. The van der Waals surface area contributed by atoms with Gasteiger partial charge in [-0.3, -0.25) is 14.9 Å². The molecule has 0 saturated carbocycles. The Balaban J connectivity index is 2.36. The average molecular weight is 334 g/mol. The largest absolute Gasteiger partial charge is 0.372 e. The molecule has 0 spiro atoms. The van der Waals surface area contributed by atoms with E-state index in [-0.39, 0.29) is 16.6 Å². The van der Waals surface area contributed by atoms with Gasteiger partial charge >= 0.3 is 0 Å². The average Bonchev–Trinajstić information content (AvgIpc) is 2.49. The Hall–Kier alpha value is -2.60. The molecule has 2 aromatic rings. The first-order chi connectivity index (χ1) is 10.8. The summed E-state index contributed by atoms with van der Waals surface area (Å²) >= 11 is 6.07. The van der Waals surface area contributed by atoms with Gasteiger partial charge in [0.2, 0.25) is 0 Å². The summed E-state index contributed by atoms with van der Waals surface area (Å²) < 4.78 is 0. The first-order valence-electron chi connectivity index (χ1n) is 6.83. The zero-order valence-corrected chi connectivity index (χ0v) is 13.7. The number of nitrogens with zero attached hydrogens (tertiary/aromatic N) is 2. The third-order valence-electron chi connectivity index (χ3n) is 3.30. The quantitative estimate of drug-likeness (QED) is 0.680. The number of carbonyl (C=O) groups is 1. The molecule has 0 aromatic heterocycles. The number of hydrogen-bond donors (Lipinski definition) is 1. The predicted molar refractivity (Wildman–Crippen MR) is 91.6 cm³/mol. The molecule has 0 bridgehead atoms. The monoisotopic (exact) mass is 333 g/mol. The molecule has 1 amide bonds. The summed E-state index contributed by atoms with van der Waals surface area (Å²) in [6, 6.07) is 9.80. The van der Waals surface area contributed by atoms with E-state index in [9.17, 15) is 14.9 Å². The van der Waals surface area contributed by atoms with Crippen LogP contribution in [0.4, 0.5) is 17.1 Å². The second-order valence-corrected chi connectivity index (χ2v) is 5.70. The van der Waals surface area contributed by atoms with Gasteiger partial charge < -0.3 is 10.2 Å². The molecule has 0 unspecified atom stereocenters. The maximum absolute atomic E-state index is 12.3. The minimum atomic E-state index is -0.507. The molecule has 23 heavy (non-hydrogen) atoms. The topological polar surface area (TPSA) is 75.5 Å². The van der Waals surface area contributed by atoms with E-state index >= 15 is 0 Å². The first-order valence-corrected chi connectivity index (χ1v) is 7.20. The first kappa shape index (κ1) is 16.8. The van der Waals surface area contributed by atoms with E-state index in [4.69, 9.17) is 11.6 Å². The van der Waals surface area contributed by atoms with Gasteiger partial charge in [-0.25, -0.2) is 0 Å². The molecule has 0 saturated heterocycles. The Morgan fingerprint density at radius 1 is 1.22 bits per heavy atom. The van der Waals surface area contributed by atoms with Crippen LogP contribution in [-0.4, -0.2) is 24.9 Å². The van der Waals surface area contributed by atoms with Gasteiger partial charge in [-0.2, -0.15) is 0 Å². The summed E-state index contributed by atoms with van der Waals surface area (Å²) in [5.41, 5.74) is 2.10. The van der Waals surface area contributed by atoms with E-state index in [2.05, 4.69) is 5.32 Å². The number of rotatable bonds is 4. The number of nitrogens with one attached hydrogen (secondary N) is 1. The number of hydrogen-bond acceptors (Lipinski definition) is 4. The maximum atomic E-state index is 12.3. The second kappa shape index (κ2) is 6.66. The fourth-order valence-electron chi connectivity index (χ4n) is 2.05. The Morgan fingerprint density at radius 2 is 1.83 bits per heavy atom. The van der Waals surface area contributed by atoms with Crippen molar-refractivity contribution in [3.05, 3.63) is 62.7 Å². The van der Waals surface area contributed by atoms with Gasteiger partial charge in [-0.15, -0.1) is 0 Å². The van der Waals surface area contributed by atoms with Crippen molar-refractivity contribution in [2.75, 3.05) is 24.3 Å². The van der Waals surface area contributed by atoms with Gasteiger partial charge in [0.1, 0.15) is 5.69 Å². The van der Waals surface area contributed by atoms with Crippen LogP contribution in [0.15, 0.2) is 36.4 Å². The van der Waals surface area contributed by atoms with E-state index in [0.29, 0.717) is 16.9 Å². The van der Waals surface area contributed by atoms with Crippen molar-refractivity contribution in [3.63, 3.8) is 0 Å². The SMILES string of the molecule is Cc1ccc(C(=O)Nc2cc(N(C)C)c([N+](=O)[O-])cc2Cl)cc1. The van der Waals surface area contributed by atoms with Crippen LogP contribution >= 0.6 is 11.6 Å². The molecule has 1 N–H and O–H groups in total. The van der Waals surface area contributed by atoms with Crippen LogP contribution in [0.25, 0.3) is 0 Å². The van der Waals surface area contributed by atoms with Crippen molar-refractivity contribution in [1.82, 2.24) is 0 Å². The molecule has 0 aliphatic rings. The Morgan fingerprint density at radius 3 is 2.35 bits per heavy atom. The van der Waals surface area contributed by atoms with Crippen LogP contribution in [0.2, 0.25) is 5.02 Å². The van der Waals surface area contributed by atoms with Crippen molar-refractivity contribution in [3.8, 4) is 0 Å². The molecule has 0 aliphatic carbocycles. The smallest absolute Gasteiger partial charge is 0.294 e. The van der Waals surface area contributed by atoms with Gasteiger partial charge in [0.05, 0.1) is 15.6 Å². The van der Waals surface area contributed by atoms with Crippen LogP contribution in [0.5, 0.6) is 0 Å². The predicted octanol–water partition coefficient (Wildman–Crippen LogP) is 3.87. The van der Waals surface area contributed by atoms with Gasteiger partial charge in [0.25, 0.3) is 11.6 Å². The summed E-state index contributed by atoms with van der Waals surface area (Å²) in [5.74, 6) is -0.328. The second-order valence-electron chi connectivity index (χ2n) is 5.29. The summed E-state index contributed by atoms with van der Waals surface area (Å²) in [6.07, 6.45) is 0. The van der Waals surface area contributed by atoms with Crippen molar-refractivity contribution in [1.29, 1.82) is 0 Å². The highest BCUT2D eigenvalue weighted by molar-refractivity contribution is 6.34. The minimum absolute atomic E-state index is 0.114. The van der Waals surface area contributed by atoms with Gasteiger partial charge in [-0.1, -0.05) is 29.3 Å². The Kier molecular flexibility index (Phi) is 4.86. The van der Waals surface area contributed by atoms with Gasteiger partial charge in [0.15, 0.2) is 0 Å². The number of anilines is 2. The lowest BCUT2D eigenvalue weighted by molar-refractivity contribution is -0.384. The number of halogens is 1. The zero-order chi connectivity index (χ0) is 17.1. The molecule has 0 radical (unpaired) electrons. The minimum Gasteiger partial charge on any atom is -0.372 e. The molecule has 120 valence electrons. The molecule has 0 heterocycles. The Labute approximate surface area is 138 Å². The van der Waals surface area contributed by atoms with Crippen molar-refractivity contribution in [2.24, 2.45) is 0 Å².